The summed E-state index contributed by atoms with van der Waals surface area (Å²) in [5.74, 6) is 0.0148. The lowest BCUT2D eigenvalue weighted by Crippen LogP contribution is -2.40. The minimum atomic E-state index is -0.490. The van der Waals surface area contributed by atoms with Gasteiger partial charge in [0.1, 0.15) is 0 Å². The van der Waals surface area contributed by atoms with Crippen molar-refractivity contribution in [2.75, 3.05) is 11.9 Å². The van der Waals surface area contributed by atoms with Crippen LogP contribution < -0.4 is 11.1 Å². The number of carbonyl (C=O) groups excluding carboxylic acids is 1. The fraction of sp³-hybridized carbons (Fsp3) is 0.381. The Kier molecular flexibility index (Phi) is 9.96. The predicted octanol–water partition coefficient (Wildman–Crippen LogP) is 4.18. The normalized spacial score (nSPS) is 12.7. The standard InChI is InChI=1S/C21H28N2O2.ClH/c1-3-16(2)20(22)21(24)23-19-11-7-10-18(14-19)15-25-13-12-17-8-5-4-6-9-17;/h4-11,14,16,20H,3,12-13,15,22H2,1-2H3,(H,23,24);1H. The van der Waals surface area contributed by atoms with E-state index in [9.17, 15) is 4.79 Å². The molecule has 0 aliphatic rings. The van der Waals surface area contributed by atoms with Gasteiger partial charge in [0.05, 0.1) is 19.3 Å². The average Bonchev–Trinajstić information content (AvgIpc) is 2.65. The van der Waals surface area contributed by atoms with E-state index >= 15 is 0 Å². The monoisotopic (exact) mass is 376 g/mol. The topological polar surface area (TPSA) is 64.4 Å². The molecule has 2 aromatic rings. The Bertz CT molecular complexity index is 664. The predicted molar refractivity (Wildman–Crippen MR) is 110 cm³/mol. The lowest BCUT2D eigenvalue weighted by Gasteiger charge is -2.18. The van der Waals surface area contributed by atoms with Crippen molar-refractivity contribution >= 4 is 24.0 Å². The molecule has 0 aromatic heterocycles. The van der Waals surface area contributed by atoms with Gasteiger partial charge in [0.25, 0.3) is 0 Å². The molecule has 0 radical (unpaired) electrons. The number of anilines is 1. The minimum absolute atomic E-state index is 0. The quantitative estimate of drug-likeness (QED) is 0.645. The number of nitrogens with one attached hydrogen (secondary N) is 1. The molecule has 0 aliphatic heterocycles. The highest BCUT2D eigenvalue weighted by Gasteiger charge is 2.19. The van der Waals surface area contributed by atoms with Crippen LogP contribution >= 0.6 is 12.4 Å². The van der Waals surface area contributed by atoms with Crippen LogP contribution in [0.2, 0.25) is 0 Å². The van der Waals surface area contributed by atoms with Gasteiger partial charge in [0.15, 0.2) is 0 Å². The van der Waals surface area contributed by atoms with Gasteiger partial charge >= 0.3 is 0 Å². The van der Waals surface area contributed by atoms with Crippen LogP contribution in [-0.4, -0.2) is 18.6 Å². The van der Waals surface area contributed by atoms with Crippen molar-refractivity contribution in [2.45, 2.75) is 39.3 Å². The van der Waals surface area contributed by atoms with Crippen molar-refractivity contribution in [3.05, 3.63) is 65.7 Å². The van der Waals surface area contributed by atoms with Crippen molar-refractivity contribution in [3.8, 4) is 0 Å². The van der Waals surface area contributed by atoms with Crippen LogP contribution in [0.5, 0.6) is 0 Å². The van der Waals surface area contributed by atoms with E-state index in [-0.39, 0.29) is 24.2 Å². The molecule has 2 rings (SSSR count). The fourth-order valence-electron chi connectivity index (χ4n) is 2.50. The number of halogens is 1. The molecule has 0 saturated carbocycles. The SMILES string of the molecule is CCC(C)C(N)C(=O)Nc1cccc(COCCc2ccccc2)c1.Cl. The molecule has 5 heteroatoms. The van der Waals surface area contributed by atoms with Crippen molar-refractivity contribution in [1.82, 2.24) is 0 Å². The number of benzene rings is 2. The van der Waals surface area contributed by atoms with Crippen LogP contribution in [0, 0.1) is 5.92 Å². The minimum Gasteiger partial charge on any atom is -0.376 e. The smallest absolute Gasteiger partial charge is 0.241 e. The first-order valence-corrected chi connectivity index (χ1v) is 8.87. The largest absolute Gasteiger partial charge is 0.376 e. The summed E-state index contributed by atoms with van der Waals surface area (Å²) in [7, 11) is 0. The highest BCUT2D eigenvalue weighted by molar-refractivity contribution is 5.94. The van der Waals surface area contributed by atoms with Crippen LogP contribution in [0.3, 0.4) is 0 Å². The van der Waals surface area contributed by atoms with E-state index in [2.05, 4.69) is 17.4 Å². The van der Waals surface area contributed by atoms with E-state index in [0.29, 0.717) is 13.2 Å². The molecule has 0 bridgehead atoms. The molecule has 2 unspecified atom stereocenters. The summed E-state index contributed by atoms with van der Waals surface area (Å²) in [5, 5.41) is 2.89. The molecule has 0 fully saturated rings. The number of hydrogen-bond acceptors (Lipinski definition) is 3. The Morgan fingerprint density at radius 3 is 2.50 bits per heavy atom. The highest BCUT2D eigenvalue weighted by atomic mass is 35.5. The summed E-state index contributed by atoms with van der Waals surface area (Å²) in [6.45, 7) is 5.21. The molecule has 1 amide bonds. The van der Waals surface area contributed by atoms with E-state index < -0.39 is 6.04 Å². The Morgan fingerprint density at radius 1 is 1.12 bits per heavy atom. The van der Waals surface area contributed by atoms with Crippen LogP contribution in [0.15, 0.2) is 54.6 Å². The van der Waals surface area contributed by atoms with Gasteiger partial charge in [-0.15, -0.1) is 12.4 Å². The molecule has 0 aliphatic carbocycles. The van der Waals surface area contributed by atoms with Gasteiger partial charge in [-0.3, -0.25) is 4.79 Å². The van der Waals surface area contributed by atoms with Gasteiger partial charge in [-0.05, 0) is 35.6 Å². The Hall–Kier alpha value is -1.88. The van der Waals surface area contributed by atoms with Crippen molar-refractivity contribution in [3.63, 3.8) is 0 Å². The second-order valence-electron chi connectivity index (χ2n) is 6.39. The van der Waals surface area contributed by atoms with Crippen LogP contribution in [0.4, 0.5) is 5.69 Å². The van der Waals surface area contributed by atoms with E-state index in [1.54, 1.807) is 0 Å². The molecule has 0 spiro atoms. The van der Waals surface area contributed by atoms with Crippen LogP contribution in [-0.2, 0) is 22.6 Å². The van der Waals surface area contributed by atoms with Crippen molar-refractivity contribution < 1.29 is 9.53 Å². The molecule has 26 heavy (non-hydrogen) atoms. The summed E-state index contributed by atoms with van der Waals surface area (Å²) < 4.78 is 5.75. The lowest BCUT2D eigenvalue weighted by atomic mass is 9.99. The summed E-state index contributed by atoms with van der Waals surface area (Å²) in [5.41, 5.74) is 9.03. The highest BCUT2D eigenvalue weighted by Crippen LogP contribution is 2.14. The molecule has 3 N–H and O–H groups in total. The van der Waals surface area contributed by atoms with Crippen molar-refractivity contribution in [2.24, 2.45) is 11.7 Å². The van der Waals surface area contributed by atoms with E-state index in [0.717, 1.165) is 24.1 Å². The maximum absolute atomic E-state index is 12.2. The summed E-state index contributed by atoms with van der Waals surface area (Å²) >= 11 is 0. The van der Waals surface area contributed by atoms with Gasteiger partial charge in [-0.1, -0.05) is 62.7 Å². The van der Waals surface area contributed by atoms with Gasteiger partial charge in [-0.25, -0.2) is 0 Å². The summed E-state index contributed by atoms with van der Waals surface area (Å²) in [6, 6.07) is 17.5. The summed E-state index contributed by atoms with van der Waals surface area (Å²) in [6.07, 6.45) is 1.77. The third-order valence-electron chi connectivity index (χ3n) is 4.40. The Balaban J connectivity index is 0.00000338. The zero-order valence-corrected chi connectivity index (χ0v) is 16.3. The van der Waals surface area contributed by atoms with E-state index in [1.807, 2.05) is 56.3 Å². The Labute approximate surface area is 162 Å². The molecule has 2 atom stereocenters. The number of carbonyl (C=O) groups is 1. The number of ether oxygens (including phenoxy) is 1. The molecular weight excluding hydrogens is 348 g/mol. The number of amides is 1. The molecule has 2 aromatic carbocycles. The number of hydrogen-bond donors (Lipinski definition) is 2. The molecule has 142 valence electrons. The number of rotatable bonds is 9. The third-order valence-corrected chi connectivity index (χ3v) is 4.40. The van der Waals surface area contributed by atoms with E-state index in [4.69, 9.17) is 10.5 Å². The van der Waals surface area contributed by atoms with Crippen molar-refractivity contribution in [1.29, 1.82) is 0 Å². The zero-order chi connectivity index (χ0) is 18.1. The molecule has 0 saturated heterocycles. The first-order chi connectivity index (χ1) is 12.1. The molecular formula is C21H29ClN2O2. The van der Waals surface area contributed by atoms with Gasteiger partial charge < -0.3 is 15.8 Å². The maximum atomic E-state index is 12.2. The van der Waals surface area contributed by atoms with Crippen LogP contribution in [0.1, 0.15) is 31.4 Å². The first-order valence-electron chi connectivity index (χ1n) is 8.87. The van der Waals surface area contributed by atoms with Gasteiger partial charge in [0, 0.05) is 5.69 Å². The maximum Gasteiger partial charge on any atom is 0.241 e. The first kappa shape index (κ1) is 22.2. The average molecular weight is 377 g/mol. The van der Waals surface area contributed by atoms with Gasteiger partial charge in [-0.2, -0.15) is 0 Å². The van der Waals surface area contributed by atoms with Gasteiger partial charge in [0.2, 0.25) is 5.91 Å². The lowest BCUT2D eigenvalue weighted by molar-refractivity contribution is -0.118. The second-order valence-corrected chi connectivity index (χ2v) is 6.39. The second kappa shape index (κ2) is 11.7. The Morgan fingerprint density at radius 2 is 1.81 bits per heavy atom. The number of nitrogens with two attached hydrogens (primary N) is 1. The summed E-state index contributed by atoms with van der Waals surface area (Å²) in [4.78, 5) is 12.2. The third kappa shape index (κ3) is 7.16. The zero-order valence-electron chi connectivity index (χ0n) is 15.5. The molecule has 4 nitrogen and oxygen atoms in total. The molecule has 0 heterocycles. The van der Waals surface area contributed by atoms with E-state index in [1.165, 1.54) is 5.56 Å². The fourth-order valence-corrected chi connectivity index (χ4v) is 2.50. The van der Waals surface area contributed by atoms with Crippen LogP contribution in [0.25, 0.3) is 0 Å².